The third kappa shape index (κ3) is 1.97. The summed E-state index contributed by atoms with van der Waals surface area (Å²) in [4.78, 5) is 13.2. The number of rotatable bonds is 3. The van der Waals surface area contributed by atoms with Gasteiger partial charge in [0.25, 0.3) is 0 Å². The summed E-state index contributed by atoms with van der Waals surface area (Å²) in [5.41, 5.74) is -0.687. The molecule has 2 unspecified atom stereocenters. The number of ether oxygens (including phenoxy) is 1. The molecule has 0 bridgehead atoms. The summed E-state index contributed by atoms with van der Waals surface area (Å²) >= 11 is 6.11. The molecular weight excluding hydrogens is 340 g/mol. The number of ketones is 1. The molecule has 1 aliphatic carbocycles. The molecule has 3 atom stereocenters. The molecule has 1 saturated heterocycles. The zero-order valence-corrected chi connectivity index (χ0v) is 14.6. The van der Waals surface area contributed by atoms with Crippen LogP contribution in [-0.4, -0.2) is 22.6 Å². The molecule has 4 nitrogen and oxygen atoms in total. The van der Waals surface area contributed by atoms with Gasteiger partial charge >= 0.3 is 0 Å². The van der Waals surface area contributed by atoms with Crippen molar-refractivity contribution in [2.75, 3.05) is 6.61 Å². The molecule has 2 aromatic rings. The van der Waals surface area contributed by atoms with Crippen LogP contribution in [-0.2, 0) is 16.1 Å². The maximum Gasteiger partial charge on any atom is 0.207 e. The second-order valence-corrected chi connectivity index (χ2v) is 7.33. The van der Waals surface area contributed by atoms with Gasteiger partial charge < -0.3 is 14.9 Å². The Kier molecular flexibility index (Phi) is 3.61. The van der Waals surface area contributed by atoms with Gasteiger partial charge in [-0.2, -0.15) is 0 Å². The van der Waals surface area contributed by atoms with Crippen molar-refractivity contribution in [3.05, 3.63) is 70.2 Å². The van der Waals surface area contributed by atoms with E-state index in [2.05, 4.69) is 0 Å². The van der Waals surface area contributed by atoms with E-state index in [0.717, 1.165) is 0 Å². The molecule has 0 amide bonds. The number of fused-ring (bicyclic) bond motifs is 3. The molecule has 0 radical (unpaired) electrons. The van der Waals surface area contributed by atoms with E-state index in [-0.39, 0.29) is 18.8 Å². The van der Waals surface area contributed by atoms with Crippen LogP contribution in [0.2, 0.25) is 5.02 Å². The van der Waals surface area contributed by atoms with Crippen molar-refractivity contribution in [1.82, 2.24) is 0 Å². The van der Waals surface area contributed by atoms with Crippen molar-refractivity contribution in [2.45, 2.75) is 31.2 Å². The molecule has 0 spiro atoms. The van der Waals surface area contributed by atoms with Crippen molar-refractivity contribution in [3.63, 3.8) is 0 Å². The zero-order chi connectivity index (χ0) is 17.9. The molecule has 25 heavy (non-hydrogen) atoms. The number of carbonyl (C=O) groups excluding carboxylic acids is 1. The number of hydrogen-bond donors (Lipinski definition) is 2. The van der Waals surface area contributed by atoms with E-state index < -0.39 is 16.8 Å². The molecule has 5 heteroatoms. The van der Waals surface area contributed by atoms with Gasteiger partial charge in [0.2, 0.25) is 5.79 Å². The maximum absolute atomic E-state index is 13.2. The number of Topliss-reactive ketones (excluding diaryl/α,β-unsaturated/α-hetero) is 1. The third-order valence-corrected chi connectivity index (χ3v) is 6.00. The Labute approximate surface area is 151 Å². The van der Waals surface area contributed by atoms with Crippen LogP contribution in [0, 0.1) is 5.41 Å². The number of aliphatic hydroxyl groups is 2. The average Bonchev–Trinajstić information content (AvgIpc) is 3.01. The summed E-state index contributed by atoms with van der Waals surface area (Å²) in [6, 6.07) is 14.0. The summed E-state index contributed by atoms with van der Waals surface area (Å²) in [5, 5.41) is 22.2. The molecule has 2 N–H and O–H groups in total. The Morgan fingerprint density at radius 3 is 2.64 bits per heavy atom. The van der Waals surface area contributed by atoms with Gasteiger partial charge in [-0.1, -0.05) is 54.9 Å². The van der Waals surface area contributed by atoms with Crippen LogP contribution in [0.3, 0.4) is 0 Å². The van der Waals surface area contributed by atoms with Crippen LogP contribution in [0.25, 0.3) is 0 Å². The number of hydrogen-bond acceptors (Lipinski definition) is 4. The van der Waals surface area contributed by atoms with E-state index in [1.165, 1.54) is 0 Å². The molecule has 2 aliphatic rings. The van der Waals surface area contributed by atoms with Crippen LogP contribution >= 0.6 is 11.6 Å². The Bertz CT molecular complexity index is 866. The third-order valence-electron chi connectivity index (χ3n) is 5.76. The van der Waals surface area contributed by atoms with Crippen LogP contribution in [0.4, 0.5) is 0 Å². The van der Waals surface area contributed by atoms with Crippen LogP contribution in [0.15, 0.2) is 48.5 Å². The minimum Gasteiger partial charge on any atom is -0.393 e. The first-order valence-corrected chi connectivity index (χ1v) is 8.74. The Morgan fingerprint density at radius 1 is 1.20 bits per heavy atom. The lowest BCUT2D eigenvalue weighted by Gasteiger charge is -2.33. The molecule has 1 fully saturated rings. The first kappa shape index (κ1) is 16.7. The van der Waals surface area contributed by atoms with Gasteiger partial charge in [-0.15, -0.1) is 0 Å². The lowest BCUT2D eigenvalue weighted by Crippen LogP contribution is -2.41. The van der Waals surface area contributed by atoms with Gasteiger partial charge in [0, 0.05) is 22.6 Å². The predicted octanol–water partition coefficient (Wildman–Crippen LogP) is 3.39. The molecule has 1 heterocycles. The highest BCUT2D eigenvalue weighted by molar-refractivity contribution is 6.30. The highest BCUT2D eigenvalue weighted by Crippen LogP contribution is 2.65. The van der Waals surface area contributed by atoms with Gasteiger partial charge in [-0.3, -0.25) is 4.79 Å². The second kappa shape index (κ2) is 5.39. The summed E-state index contributed by atoms with van der Waals surface area (Å²) in [6.07, 6.45) is 0.594. The van der Waals surface area contributed by atoms with E-state index in [1.54, 1.807) is 48.5 Å². The summed E-state index contributed by atoms with van der Waals surface area (Å²) < 4.78 is 6.17. The number of carbonyl (C=O) groups is 1. The molecule has 0 aromatic heterocycles. The molecule has 1 aliphatic heterocycles. The van der Waals surface area contributed by atoms with Gasteiger partial charge in [-0.25, -0.2) is 0 Å². The van der Waals surface area contributed by atoms with E-state index >= 15 is 0 Å². The first-order chi connectivity index (χ1) is 11.9. The first-order valence-electron chi connectivity index (χ1n) is 8.36. The normalized spacial score (nSPS) is 33.4. The fourth-order valence-corrected chi connectivity index (χ4v) is 4.63. The molecule has 2 aromatic carbocycles. The van der Waals surface area contributed by atoms with Crippen molar-refractivity contribution < 1.29 is 19.7 Å². The van der Waals surface area contributed by atoms with Crippen molar-refractivity contribution in [2.24, 2.45) is 5.41 Å². The van der Waals surface area contributed by atoms with Gasteiger partial charge in [0.1, 0.15) is 5.60 Å². The van der Waals surface area contributed by atoms with Crippen LogP contribution in [0.5, 0.6) is 0 Å². The summed E-state index contributed by atoms with van der Waals surface area (Å²) in [5.74, 6) is -1.90. The SMILES string of the molecule is CCC12C[C@](CO)(c3cccc(Cl)c3)OC1(O)c1ccccc1C2=O. The largest absolute Gasteiger partial charge is 0.393 e. The minimum atomic E-state index is -1.76. The Hall–Kier alpha value is -1.72. The minimum absolute atomic E-state index is 0.134. The van der Waals surface area contributed by atoms with Crippen LogP contribution < -0.4 is 0 Å². The Morgan fingerprint density at radius 2 is 1.96 bits per heavy atom. The molecule has 0 saturated carbocycles. The fourth-order valence-electron chi connectivity index (χ4n) is 4.44. The summed E-state index contributed by atoms with van der Waals surface area (Å²) in [7, 11) is 0. The average molecular weight is 359 g/mol. The lowest BCUT2D eigenvalue weighted by molar-refractivity contribution is -0.265. The van der Waals surface area contributed by atoms with E-state index in [0.29, 0.717) is 28.1 Å². The second-order valence-electron chi connectivity index (χ2n) is 6.90. The molecule has 4 rings (SSSR count). The van der Waals surface area contributed by atoms with Crippen molar-refractivity contribution in [1.29, 1.82) is 0 Å². The number of aliphatic hydroxyl groups excluding tert-OH is 1. The lowest BCUT2D eigenvalue weighted by atomic mass is 9.71. The standard InChI is InChI=1S/C20H19ClO4/c1-2-18-11-19(12-22,13-6-5-7-14(21)10-13)25-20(18,24)16-9-4-3-8-15(16)17(18)23/h3-10,22,24H,2,11-12H2,1H3/t18?,19-,20?/m0/s1. The highest BCUT2D eigenvalue weighted by Gasteiger charge is 2.72. The van der Waals surface area contributed by atoms with E-state index in [9.17, 15) is 15.0 Å². The smallest absolute Gasteiger partial charge is 0.207 e. The molecular formula is C20H19ClO4. The van der Waals surface area contributed by atoms with E-state index in [4.69, 9.17) is 16.3 Å². The zero-order valence-electron chi connectivity index (χ0n) is 13.8. The summed E-state index contributed by atoms with van der Waals surface area (Å²) in [6.45, 7) is 1.51. The van der Waals surface area contributed by atoms with Gasteiger partial charge in [-0.05, 0) is 24.1 Å². The van der Waals surface area contributed by atoms with Gasteiger partial charge in [0.15, 0.2) is 5.78 Å². The van der Waals surface area contributed by atoms with Gasteiger partial charge in [0.05, 0.1) is 12.0 Å². The quantitative estimate of drug-likeness (QED) is 0.882. The van der Waals surface area contributed by atoms with Crippen LogP contribution in [0.1, 0.15) is 41.3 Å². The maximum atomic E-state index is 13.2. The predicted molar refractivity (Wildman–Crippen MR) is 93.3 cm³/mol. The number of benzene rings is 2. The van der Waals surface area contributed by atoms with Crippen molar-refractivity contribution >= 4 is 17.4 Å². The Balaban J connectivity index is 1.93. The topological polar surface area (TPSA) is 66.8 Å². The fraction of sp³-hybridized carbons (Fsp3) is 0.350. The monoisotopic (exact) mass is 358 g/mol. The highest BCUT2D eigenvalue weighted by atomic mass is 35.5. The van der Waals surface area contributed by atoms with Crippen molar-refractivity contribution in [3.8, 4) is 0 Å². The van der Waals surface area contributed by atoms with E-state index in [1.807, 2.05) is 6.92 Å². The molecule has 130 valence electrons. The number of halogens is 1.